The molecular formula is C6H8F3. The van der Waals surface area contributed by atoms with E-state index in [2.05, 4.69) is 6.92 Å². The van der Waals surface area contributed by atoms with Crippen LogP contribution in [0.15, 0.2) is 0 Å². The van der Waals surface area contributed by atoms with Gasteiger partial charge in [-0.1, -0.05) is 6.92 Å². The minimum atomic E-state index is -3.96. The molecular weight excluding hydrogens is 129 g/mol. The Morgan fingerprint density at radius 2 is 1.67 bits per heavy atom. The molecule has 1 fully saturated rings. The molecule has 53 valence electrons. The molecule has 0 atom stereocenters. The lowest BCUT2D eigenvalue weighted by molar-refractivity contribution is -0.200. The molecule has 9 heavy (non-hydrogen) atoms. The molecule has 0 nitrogen and oxygen atoms in total. The van der Waals surface area contributed by atoms with Gasteiger partial charge in [-0.3, -0.25) is 0 Å². The van der Waals surface area contributed by atoms with E-state index in [1.54, 1.807) is 0 Å². The molecule has 0 spiro atoms. The van der Waals surface area contributed by atoms with Gasteiger partial charge in [-0.05, 0) is 18.8 Å². The lowest BCUT2D eigenvalue weighted by Gasteiger charge is -2.33. The van der Waals surface area contributed by atoms with Gasteiger partial charge in [-0.25, -0.2) is 0 Å². The second-order valence-corrected chi connectivity index (χ2v) is 2.58. The highest BCUT2D eigenvalue weighted by atomic mass is 19.4. The van der Waals surface area contributed by atoms with E-state index in [1.165, 1.54) is 0 Å². The predicted octanol–water partition coefficient (Wildman–Crippen LogP) is 2.41. The molecule has 1 radical (unpaired) electrons. The van der Waals surface area contributed by atoms with Crippen LogP contribution in [0.3, 0.4) is 0 Å². The van der Waals surface area contributed by atoms with E-state index in [4.69, 9.17) is 0 Å². The van der Waals surface area contributed by atoms with Crippen molar-refractivity contribution >= 4 is 0 Å². The molecule has 0 aromatic rings. The van der Waals surface area contributed by atoms with E-state index in [1.807, 2.05) is 0 Å². The van der Waals surface area contributed by atoms with Crippen LogP contribution in [0.5, 0.6) is 0 Å². The van der Waals surface area contributed by atoms with E-state index in [-0.39, 0.29) is 18.8 Å². The second-order valence-electron chi connectivity index (χ2n) is 2.58. The normalized spacial score (nSPS) is 36.0. The molecule has 0 amide bonds. The van der Waals surface area contributed by atoms with Crippen molar-refractivity contribution in [1.82, 2.24) is 0 Å². The summed E-state index contributed by atoms with van der Waals surface area (Å²) in [5.41, 5.74) is 0. The first kappa shape index (κ1) is 6.90. The Balaban J connectivity index is 2.32. The Labute approximate surface area is 52.1 Å². The Morgan fingerprint density at radius 1 is 1.22 bits per heavy atom. The summed E-state index contributed by atoms with van der Waals surface area (Å²) in [6.07, 6.45) is -3.51. The van der Waals surface area contributed by atoms with Gasteiger partial charge in [0.15, 0.2) is 0 Å². The van der Waals surface area contributed by atoms with Crippen molar-refractivity contribution in [3.63, 3.8) is 0 Å². The first-order valence-electron chi connectivity index (χ1n) is 2.90. The molecule has 0 unspecified atom stereocenters. The van der Waals surface area contributed by atoms with E-state index in [0.29, 0.717) is 0 Å². The van der Waals surface area contributed by atoms with Gasteiger partial charge in [-0.15, -0.1) is 0 Å². The number of alkyl halides is 3. The van der Waals surface area contributed by atoms with Crippen molar-refractivity contribution in [2.75, 3.05) is 0 Å². The van der Waals surface area contributed by atoms with Crippen molar-refractivity contribution in [2.45, 2.75) is 19.0 Å². The summed E-state index contributed by atoms with van der Waals surface area (Å²) < 4.78 is 34.9. The van der Waals surface area contributed by atoms with Gasteiger partial charge in [0.25, 0.3) is 0 Å². The zero-order valence-electron chi connectivity index (χ0n) is 4.91. The summed E-state index contributed by atoms with van der Waals surface area (Å²) in [5, 5.41) is 0. The van der Waals surface area contributed by atoms with Crippen LogP contribution in [-0.2, 0) is 0 Å². The third-order valence-electron chi connectivity index (χ3n) is 1.70. The fourth-order valence-corrected chi connectivity index (χ4v) is 1.00. The summed E-state index contributed by atoms with van der Waals surface area (Å²) in [6, 6.07) is 0. The van der Waals surface area contributed by atoms with E-state index < -0.39 is 12.1 Å². The van der Waals surface area contributed by atoms with E-state index >= 15 is 0 Å². The largest absolute Gasteiger partial charge is 0.391 e. The summed E-state index contributed by atoms with van der Waals surface area (Å²) in [5.74, 6) is -1.02. The molecule has 1 aliphatic carbocycles. The van der Waals surface area contributed by atoms with Crippen LogP contribution in [0.4, 0.5) is 13.2 Å². The van der Waals surface area contributed by atoms with Crippen molar-refractivity contribution < 1.29 is 13.2 Å². The van der Waals surface area contributed by atoms with Crippen LogP contribution in [-0.4, -0.2) is 6.18 Å². The summed E-state index contributed by atoms with van der Waals surface area (Å²) in [7, 11) is 0. The van der Waals surface area contributed by atoms with Crippen molar-refractivity contribution in [2.24, 2.45) is 11.8 Å². The maximum atomic E-state index is 11.6. The molecule has 0 bridgehead atoms. The standard InChI is InChI=1S/C6H8F3/c1-4-2-5(3-4)6(7,8)9/h4-5H,1-3H2. The minimum Gasteiger partial charge on any atom is -0.171 e. The third-order valence-corrected chi connectivity index (χ3v) is 1.70. The number of rotatable bonds is 0. The zero-order valence-corrected chi connectivity index (χ0v) is 4.91. The van der Waals surface area contributed by atoms with Crippen LogP contribution >= 0.6 is 0 Å². The average molecular weight is 137 g/mol. The van der Waals surface area contributed by atoms with Gasteiger partial charge >= 0.3 is 6.18 Å². The number of halogens is 3. The van der Waals surface area contributed by atoms with Crippen molar-refractivity contribution in [3.05, 3.63) is 6.92 Å². The van der Waals surface area contributed by atoms with Crippen molar-refractivity contribution in [1.29, 1.82) is 0 Å². The zero-order chi connectivity index (χ0) is 7.07. The number of hydrogen-bond donors (Lipinski definition) is 0. The maximum absolute atomic E-state index is 11.6. The topological polar surface area (TPSA) is 0 Å². The summed E-state index contributed by atoms with van der Waals surface area (Å²) in [4.78, 5) is 0. The Bertz CT molecular complexity index is 99.4. The van der Waals surface area contributed by atoms with Gasteiger partial charge < -0.3 is 0 Å². The molecule has 0 aliphatic heterocycles. The minimum absolute atomic E-state index is 0.0385. The molecule has 0 saturated heterocycles. The molecule has 3 heteroatoms. The Kier molecular flexibility index (Phi) is 1.45. The lowest BCUT2D eigenvalue weighted by atomic mass is 9.76. The van der Waals surface area contributed by atoms with Gasteiger partial charge in [0, 0.05) is 0 Å². The highest BCUT2D eigenvalue weighted by Gasteiger charge is 2.46. The van der Waals surface area contributed by atoms with E-state index in [0.717, 1.165) is 0 Å². The van der Waals surface area contributed by atoms with Gasteiger partial charge in [0.2, 0.25) is 0 Å². The number of hydrogen-bond acceptors (Lipinski definition) is 0. The second kappa shape index (κ2) is 1.89. The van der Waals surface area contributed by atoms with E-state index in [9.17, 15) is 13.2 Å². The highest BCUT2D eigenvalue weighted by Crippen LogP contribution is 2.43. The molecule has 0 N–H and O–H groups in total. The van der Waals surface area contributed by atoms with Crippen LogP contribution in [0.2, 0.25) is 0 Å². The summed E-state index contributed by atoms with van der Waals surface area (Å²) >= 11 is 0. The highest BCUT2D eigenvalue weighted by molar-refractivity contribution is 4.85. The van der Waals surface area contributed by atoms with Gasteiger partial charge in [0.05, 0.1) is 5.92 Å². The van der Waals surface area contributed by atoms with Crippen LogP contribution in [0.25, 0.3) is 0 Å². The summed E-state index contributed by atoms with van der Waals surface area (Å²) in [6.45, 7) is 3.51. The monoisotopic (exact) mass is 137 g/mol. The van der Waals surface area contributed by atoms with Crippen LogP contribution in [0.1, 0.15) is 12.8 Å². The molecule has 1 aliphatic rings. The quantitative estimate of drug-likeness (QED) is 0.481. The fourth-order valence-electron chi connectivity index (χ4n) is 1.00. The predicted molar refractivity (Wildman–Crippen MR) is 27.6 cm³/mol. The maximum Gasteiger partial charge on any atom is 0.391 e. The molecule has 0 aromatic heterocycles. The molecule has 1 saturated carbocycles. The van der Waals surface area contributed by atoms with Crippen molar-refractivity contribution in [3.8, 4) is 0 Å². The SMILES string of the molecule is [CH2]C1CC(C(F)(F)F)C1. The molecule has 1 rings (SSSR count). The first-order chi connectivity index (χ1) is 4.00. The van der Waals surface area contributed by atoms with Gasteiger partial charge in [-0.2, -0.15) is 13.2 Å². The molecule has 0 aromatic carbocycles. The van der Waals surface area contributed by atoms with Crippen LogP contribution < -0.4 is 0 Å². The molecule has 0 heterocycles. The Hall–Kier alpha value is -0.210. The lowest BCUT2D eigenvalue weighted by Crippen LogP contribution is -2.34. The van der Waals surface area contributed by atoms with Gasteiger partial charge in [0.1, 0.15) is 0 Å². The smallest absolute Gasteiger partial charge is 0.171 e. The third kappa shape index (κ3) is 1.37. The average Bonchev–Trinajstić information content (AvgIpc) is 1.55. The first-order valence-corrected chi connectivity index (χ1v) is 2.90. The Morgan fingerprint density at radius 3 is 1.78 bits per heavy atom. The van der Waals surface area contributed by atoms with Crippen LogP contribution in [0, 0.1) is 18.8 Å². The fraction of sp³-hybridized carbons (Fsp3) is 0.833.